The molecule has 1 unspecified atom stereocenters. The minimum Gasteiger partial charge on any atom is -0.312 e. The Morgan fingerprint density at radius 1 is 1.22 bits per heavy atom. The van der Waals surface area contributed by atoms with Crippen LogP contribution in [0.25, 0.3) is 0 Å². The lowest BCUT2D eigenvalue weighted by Crippen LogP contribution is -2.59. The normalized spacial score (nSPS) is 19.9. The van der Waals surface area contributed by atoms with E-state index < -0.39 is 0 Å². The molecule has 104 valence electrons. The third-order valence-electron chi connectivity index (χ3n) is 4.54. The van der Waals surface area contributed by atoms with Crippen molar-refractivity contribution in [3.8, 4) is 12.3 Å². The number of rotatable bonds is 8. The molecule has 2 nitrogen and oxygen atoms in total. The molecule has 0 aromatic rings. The molecule has 1 atom stereocenters. The molecule has 0 aromatic carbocycles. The summed E-state index contributed by atoms with van der Waals surface area (Å²) in [6.07, 6.45) is 12.9. The summed E-state index contributed by atoms with van der Waals surface area (Å²) in [6.45, 7) is 10.1. The van der Waals surface area contributed by atoms with E-state index in [1.165, 1.54) is 25.7 Å². The van der Waals surface area contributed by atoms with Gasteiger partial charge in [0.2, 0.25) is 0 Å². The van der Waals surface area contributed by atoms with Crippen LogP contribution in [0.15, 0.2) is 0 Å². The molecular weight excluding hydrogens is 220 g/mol. The number of hydrogen-bond acceptors (Lipinski definition) is 2. The van der Waals surface area contributed by atoms with Crippen molar-refractivity contribution in [3.63, 3.8) is 0 Å². The van der Waals surface area contributed by atoms with Gasteiger partial charge in [-0.05, 0) is 38.9 Å². The summed E-state index contributed by atoms with van der Waals surface area (Å²) < 4.78 is 0. The van der Waals surface area contributed by atoms with E-state index in [1.54, 1.807) is 0 Å². The molecule has 0 spiro atoms. The maximum atomic E-state index is 5.46. The first-order valence-electron chi connectivity index (χ1n) is 7.67. The molecule has 1 saturated carbocycles. The lowest BCUT2D eigenvalue weighted by molar-refractivity contribution is 0.0608. The summed E-state index contributed by atoms with van der Waals surface area (Å²) in [5, 5.41) is 3.71. The van der Waals surface area contributed by atoms with Crippen LogP contribution in [0.3, 0.4) is 0 Å². The van der Waals surface area contributed by atoms with Crippen molar-refractivity contribution < 1.29 is 0 Å². The van der Waals surface area contributed by atoms with Crippen LogP contribution in [0.2, 0.25) is 0 Å². The Morgan fingerprint density at radius 3 is 2.28 bits per heavy atom. The van der Waals surface area contributed by atoms with E-state index in [1.807, 2.05) is 0 Å². The molecule has 1 fully saturated rings. The van der Waals surface area contributed by atoms with Crippen molar-refractivity contribution in [2.45, 2.75) is 70.9 Å². The van der Waals surface area contributed by atoms with Gasteiger partial charge in [0.15, 0.2) is 0 Å². The highest BCUT2D eigenvalue weighted by molar-refractivity contribution is 5.04. The third kappa shape index (κ3) is 3.28. The smallest absolute Gasteiger partial charge is 0.0362 e. The lowest BCUT2D eigenvalue weighted by atomic mass is 9.83. The second-order valence-electron chi connectivity index (χ2n) is 5.34. The minimum absolute atomic E-state index is 0.357. The van der Waals surface area contributed by atoms with Crippen LogP contribution >= 0.6 is 0 Å². The Bertz CT molecular complexity index is 257. The van der Waals surface area contributed by atoms with Gasteiger partial charge in [-0.2, -0.15) is 0 Å². The van der Waals surface area contributed by atoms with Crippen molar-refractivity contribution in [1.29, 1.82) is 0 Å². The zero-order valence-corrected chi connectivity index (χ0v) is 12.5. The molecule has 0 radical (unpaired) electrons. The van der Waals surface area contributed by atoms with Gasteiger partial charge in [0.25, 0.3) is 0 Å². The van der Waals surface area contributed by atoms with Crippen LogP contribution in [-0.4, -0.2) is 36.1 Å². The number of likely N-dealkylation sites (N-methyl/N-ethyl adjacent to an activating group) is 2. The van der Waals surface area contributed by atoms with Crippen molar-refractivity contribution in [2.24, 2.45) is 0 Å². The molecule has 0 aromatic heterocycles. The van der Waals surface area contributed by atoms with E-state index in [9.17, 15) is 0 Å². The van der Waals surface area contributed by atoms with Crippen LogP contribution in [0.1, 0.15) is 59.3 Å². The monoisotopic (exact) mass is 250 g/mol. The molecule has 1 N–H and O–H groups in total. The second-order valence-corrected chi connectivity index (χ2v) is 5.34. The average molecular weight is 250 g/mol. The summed E-state index contributed by atoms with van der Waals surface area (Å²) in [5.41, 5.74) is 0.357. The SMILES string of the molecule is C#CCCC(NCC)C1(N(CC)CC)CCCC1. The summed E-state index contributed by atoms with van der Waals surface area (Å²) in [6, 6.07) is 0.556. The Morgan fingerprint density at radius 2 is 1.83 bits per heavy atom. The van der Waals surface area contributed by atoms with Gasteiger partial charge in [0.05, 0.1) is 0 Å². The van der Waals surface area contributed by atoms with E-state index >= 15 is 0 Å². The molecule has 1 aliphatic carbocycles. The van der Waals surface area contributed by atoms with Crippen LogP contribution in [-0.2, 0) is 0 Å². The van der Waals surface area contributed by atoms with E-state index in [0.29, 0.717) is 11.6 Å². The van der Waals surface area contributed by atoms with Crippen LogP contribution in [0.5, 0.6) is 0 Å². The van der Waals surface area contributed by atoms with Crippen molar-refractivity contribution in [1.82, 2.24) is 10.2 Å². The number of nitrogens with zero attached hydrogens (tertiary/aromatic N) is 1. The molecular formula is C16H30N2. The highest BCUT2D eigenvalue weighted by Gasteiger charge is 2.43. The molecule has 0 aliphatic heterocycles. The van der Waals surface area contributed by atoms with Crippen molar-refractivity contribution in [3.05, 3.63) is 0 Å². The Labute approximate surface area is 114 Å². The maximum absolute atomic E-state index is 5.46. The fraction of sp³-hybridized carbons (Fsp3) is 0.875. The van der Waals surface area contributed by atoms with Crippen LogP contribution in [0, 0.1) is 12.3 Å². The fourth-order valence-corrected chi connectivity index (χ4v) is 3.76. The largest absolute Gasteiger partial charge is 0.312 e. The fourth-order valence-electron chi connectivity index (χ4n) is 3.76. The van der Waals surface area contributed by atoms with Crippen LogP contribution < -0.4 is 5.32 Å². The molecule has 1 aliphatic rings. The molecule has 2 heteroatoms. The standard InChI is InChI=1S/C16H30N2/c1-5-9-12-15(17-6-2)16(13-10-11-14-16)18(7-3)8-4/h1,15,17H,6-14H2,2-4H3. The van der Waals surface area contributed by atoms with Gasteiger partial charge in [-0.25, -0.2) is 0 Å². The quantitative estimate of drug-likeness (QED) is 0.666. The highest BCUT2D eigenvalue weighted by Crippen LogP contribution is 2.39. The lowest BCUT2D eigenvalue weighted by Gasteiger charge is -2.46. The van der Waals surface area contributed by atoms with Gasteiger partial charge in [-0.3, -0.25) is 4.90 Å². The van der Waals surface area contributed by atoms with E-state index in [0.717, 1.165) is 32.5 Å². The van der Waals surface area contributed by atoms with Crippen molar-refractivity contribution >= 4 is 0 Å². The van der Waals surface area contributed by atoms with Gasteiger partial charge in [-0.1, -0.05) is 33.6 Å². The van der Waals surface area contributed by atoms with Crippen LogP contribution in [0.4, 0.5) is 0 Å². The Kier molecular flexibility index (Phi) is 6.75. The van der Waals surface area contributed by atoms with E-state index in [-0.39, 0.29) is 0 Å². The van der Waals surface area contributed by atoms with Crippen molar-refractivity contribution in [2.75, 3.05) is 19.6 Å². The average Bonchev–Trinajstić information content (AvgIpc) is 2.86. The first kappa shape index (κ1) is 15.5. The summed E-state index contributed by atoms with van der Waals surface area (Å²) in [4.78, 5) is 2.67. The number of nitrogens with one attached hydrogen (secondary N) is 1. The summed E-state index contributed by atoms with van der Waals surface area (Å²) in [7, 11) is 0. The molecule has 0 heterocycles. The Hall–Kier alpha value is -0.520. The predicted octanol–water partition coefficient (Wildman–Crippen LogP) is 3.03. The zero-order chi connectivity index (χ0) is 13.4. The molecule has 1 rings (SSSR count). The third-order valence-corrected chi connectivity index (χ3v) is 4.54. The Balaban J connectivity index is 2.87. The molecule has 0 amide bonds. The molecule has 0 bridgehead atoms. The maximum Gasteiger partial charge on any atom is 0.0362 e. The van der Waals surface area contributed by atoms with Gasteiger partial charge in [0, 0.05) is 18.0 Å². The second kappa shape index (κ2) is 7.81. The number of hydrogen-bond donors (Lipinski definition) is 1. The first-order chi connectivity index (χ1) is 8.75. The summed E-state index contributed by atoms with van der Waals surface area (Å²) in [5.74, 6) is 2.81. The zero-order valence-electron chi connectivity index (χ0n) is 12.5. The van der Waals surface area contributed by atoms with E-state index in [2.05, 4.69) is 36.9 Å². The van der Waals surface area contributed by atoms with Gasteiger partial charge < -0.3 is 5.32 Å². The van der Waals surface area contributed by atoms with Gasteiger partial charge in [-0.15, -0.1) is 12.3 Å². The molecule has 0 saturated heterocycles. The first-order valence-corrected chi connectivity index (χ1v) is 7.67. The van der Waals surface area contributed by atoms with Gasteiger partial charge >= 0.3 is 0 Å². The summed E-state index contributed by atoms with van der Waals surface area (Å²) >= 11 is 0. The predicted molar refractivity (Wildman–Crippen MR) is 79.7 cm³/mol. The molecule has 18 heavy (non-hydrogen) atoms. The topological polar surface area (TPSA) is 15.3 Å². The van der Waals surface area contributed by atoms with Gasteiger partial charge in [0.1, 0.15) is 0 Å². The minimum atomic E-state index is 0.357. The highest BCUT2D eigenvalue weighted by atomic mass is 15.2. The van der Waals surface area contributed by atoms with E-state index in [4.69, 9.17) is 6.42 Å². The number of terminal acetylenes is 1.